The first kappa shape index (κ1) is 30.8. The van der Waals surface area contributed by atoms with Crippen molar-refractivity contribution in [1.29, 1.82) is 0 Å². The van der Waals surface area contributed by atoms with Crippen LogP contribution < -0.4 is 15.1 Å². The highest BCUT2D eigenvalue weighted by Crippen LogP contribution is 2.31. The fourth-order valence-electron chi connectivity index (χ4n) is 7.46. The second-order valence-corrected chi connectivity index (χ2v) is 13.0. The van der Waals surface area contributed by atoms with Gasteiger partial charge in [0.05, 0.1) is 23.7 Å². The van der Waals surface area contributed by atoms with Crippen molar-refractivity contribution in [3.05, 3.63) is 96.7 Å². The van der Waals surface area contributed by atoms with E-state index in [1.807, 2.05) is 76.3 Å². The molecule has 11 heteroatoms. The fourth-order valence-corrected chi connectivity index (χ4v) is 7.46. The quantitative estimate of drug-likeness (QED) is 0.254. The van der Waals surface area contributed by atoms with E-state index in [1.165, 1.54) is 0 Å². The van der Waals surface area contributed by atoms with Gasteiger partial charge in [0.2, 0.25) is 17.7 Å². The Labute approximate surface area is 283 Å². The van der Waals surface area contributed by atoms with Crippen molar-refractivity contribution < 1.29 is 19.5 Å². The van der Waals surface area contributed by atoms with Crippen LogP contribution in [0.2, 0.25) is 0 Å². The van der Waals surface area contributed by atoms with Gasteiger partial charge in [-0.1, -0.05) is 24.3 Å². The minimum absolute atomic E-state index is 0.111. The summed E-state index contributed by atoms with van der Waals surface area (Å²) >= 11 is 0. The number of phenols is 1. The monoisotopic (exact) mass is 655 g/mol. The number of fused-ring (bicyclic) bond motifs is 1. The minimum Gasteiger partial charge on any atom is -0.507 e. The second kappa shape index (κ2) is 12.8. The van der Waals surface area contributed by atoms with Crippen LogP contribution in [0.15, 0.2) is 91.1 Å². The molecule has 0 bridgehead atoms. The number of piperazine rings is 1. The molecule has 5 heterocycles. The molecule has 0 aliphatic carbocycles. The maximum absolute atomic E-state index is 13.4. The van der Waals surface area contributed by atoms with Gasteiger partial charge in [-0.05, 0) is 85.5 Å². The zero-order chi connectivity index (χ0) is 33.5. The van der Waals surface area contributed by atoms with Crippen molar-refractivity contribution >= 4 is 40.1 Å². The molecule has 3 amide bonds. The summed E-state index contributed by atoms with van der Waals surface area (Å²) in [6.45, 7) is 3.70. The Morgan fingerprint density at radius 1 is 0.755 bits per heavy atom. The van der Waals surface area contributed by atoms with Crippen LogP contribution in [-0.2, 0) is 14.4 Å². The van der Waals surface area contributed by atoms with Crippen LogP contribution in [0.25, 0.3) is 28.0 Å². The third-order valence-corrected chi connectivity index (χ3v) is 10.2. The van der Waals surface area contributed by atoms with Crippen LogP contribution in [-0.4, -0.2) is 81.3 Å². The second-order valence-electron chi connectivity index (χ2n) is 13.0. The topological polar surface area (TPSA) is 124 Å². The van der Waals surface area contributed by atoms with Crippen LogP contribution in [0, 0.1) is 0 Å². The van der Waals surface area contributed by atoms with E-state index < -0.39 is 0 Å². The molecule has 3 aliphatic rings. The predicted octanol–water partition coefficient (Wildman–Crippen LogP) is 4.63. The lowest BCUT2D eigenvalue weighted by atomic mass is 9.90. The number of carbonyl (C=O) groups excluding carboxylic acids is 3. The summed E-state index contributed by atoms with van der Waals surface area (Å²) in [6.07, 6.45) is 4.85. The van der Waals surface area contributed by atoms with Crippen LogP contribution in [0.3, 0.4) is 0 Å². The number of hydrogen-bond acceptors (Lipinski definition) is 8. The molecular formula is C38H37N7O4. The number of benzene rings is 3. The number of imide groups is 1. The molecule has 1 unspecified atom stereocenters. The fraction of sp³-hybridized carbons (Fsp3) is 0.289. The number of hydrogen-bond donors (Lipinski definition) is 2. The molecule has 3 aromatic carbocycles. The molecule has 248 valence electrons. The third kappa shape index (κ3) is 6.02. The first-order valence-electron chi connectivity index (χ1n) is 16.9. The van der Waals surface area contributed by atoms with Gasteiger partial charge in [-0.2, -0.15) is 0 Å². The van der Waals surface area contributed by atoms with E-state index in [4.69, 9.17) is 0 Å². The zero-order valence-electron chi connectivity index (χ0n) is 27.0. The molecule has 0 radical (unpaired) electrons. The average molecular weight is 656 g/mol. The van der Waals surface area contributed by atoms with Gasteiger partial charge < -0.3 is 19.5 Å². The first-order valence-corrected chi connectivity index (χ1v) is 16.9. The van der Waals surface area contributed by atoms with Crippen molar-refractivity contribution in [3.63, 3.8) is 0 Å². The van der Waals surface area contributed by atoms with Crippen LogP contribution in [0.5, 0.6) is 5.75 Å². The van der Waals surface area contributed by atoms with Crippen LogP contribution in [0.4, 0.5) is 11.4 Å². The number of nitrogens with one attached hydrogen (secondary N) is 1. The highest BCUT2D eigenvalue weighted by Gasteiger charge is 2.32. The third-order valence-electron chi connectivity index (χ3n) is 10.2. The van der Waals surface area contributed by atoms with E-state index in [-0.39, 0.29) is 29.4 Å². The van der Waals surface area contributed by atoms with Gasteiger partial charge in [-0.15, -0.1) is 10.2 Å². The number of piperidine rings is 2. The smallest absolute Gasteiger partial charge is 0.241 e. The molecule has 3 aliphatic heterocycles. The summed E-state index contributed by atoms with van der Waals surface area (Å²) in [5.41, 5.74) is 6.76. The molecular weight excluding hydrogens is 618 g/mol. The predicted molar refractivity (Wildman–Crippen MR) is 187 cm³/mol. The summed E-state index contributed by atoms with van der Waals surface area (Å²) in [7, 11) is 0. The normalized spacial score (nSPS) is 19.4. The number of anilines is 2. The highest BCUT2D eigenvalue weighted by atomic mass is 16.3. The minimum atomic E-state index is -0.271. The van der Waals surface area contributed by atoms with E-state index in [9.17, 15) is 19.5 Å². The van der Waals surface area contributed by atoms with E-state index in [0.29, 0.717) is 43.2 Å². The maximum atomic E-state index is 13.4. The zero-order valence-corrected chi connectivity index (χ0v) is 27.0. The Bertz CT molecular complexity index is 2030. The molecule has 2 aromatic heterocycles. The molecule has 5 aromatic rings. The molecule has 11 nitrogen and oxygen atoms in total. The van der Waals surface area contributed by atoms with Crippen LogP contribution in [0.1, 0.15) is 37.2 Å². The lowest BCUT2D eigenvalue weighted by Crippen LogP contribution is -2.55. The van der Waals surface area contributed by atoms with Gasteiger partial charge in [0.15, 0.2) is 0 Å². The number of nitrogens with zero attached hydrogens (tertiary/aromatic N) is 6. The van der Waals surface area contributed by atoms with E-state index in [1.54, 1.807) is 12.1 Å². The Balaban J connectivity index is 0.877. The van der Waals surface area contributed by atoms with E-state index >= 15 is 0 Å². The number of rotatable bonds is 6. The van der Waals surface area contributed by atoms with Crippen molar-refractivity contribution in [1.82, 2.24) is 25.0 Å². The number of amides is 3. The van der Waals surface area contributed by atoms with Gasteiger partial charge in [0.25, 0.3) is 0 Å². The van der Waals surface area contributed by atoms with Gasteiger partial charge in [-0.25, -0.2) is 0 Å². The SMILES string of the molecule is O=C1CCC(c2ccc(N3CCC(N4CCN(c5ccc(-n6ccc7nnc(-c8ccccc8O)cc76)cc5)C(=O)C4)CC3)cc2)C(=O)N1. The molecule has 3 fully saturated rings. The molecule has 0 saturated carbocycles. The Morgan fingerprint density at radius 2 is 1.49 bits per heavy atom. The number of aromatic nitrogens is 3. The molecule has 3 saturated heterocycles. The number of carbonyl (C=O) groups is 3. The average Bonchev–Trinajstić information content (AvgIpc) is 3.56. The maximum Gasteiger partial charge on any atom is 0.241 e. The van der Waals surface area contributed by atoms with E-state index in [0.717, 1.165) is 66.1 Å². The van der Waals surface area contributed by atoms with E-state index in [2.05, 4.69) is 37.4 Å². The van der Waals surface area contributed by atoms with Gasteiger partial charge in [0.1, 0.15) is 11.3 Å². The van der Waals surface area contributed by atoms with Crippen molar-refractivity contribution in [2.24, 2.45) is 0 Å². The molecule has 8 rings (SSSR count). The van der Waals surface area contributed by atoms with Gasteiger partial charge >= 0.3 is 0 Å². The largest absolute Gasteiger partial charge is 0.507 e. The molecule has 0 spiro atoms. The lowest BCUT2D eigenvalue weighted by molar-refractivity contribution is -0.134. The number of phenolic OH excluding ortho intramolecular Hbond substituents is 1. The summed E-state index contributed by atoms with van der Waals surface area (Å²) in [6, 6.07) is 27.5. The van der Waals surface area contributed by atoms with Crippen molar-refractivity contribution in [2.75, 3.05) is 42.5 Å². The molecule has 2 N–H and O–H groups in total. The number of para-hydroxylation sites is 1. The van der Waals surface area contributed by atoms with Crippen molar-refractivity contribution in [3.8, 4) is 22.7 Å². The Hall–Kier alpha value is -5.55. The molecule has 49 heavy (non-hydrogen) atoms. The summed E-state index contributed by atoms with van der Waals surface area (Å²) in [5.74, 6) is -0.409. The van der Waals surface area contributed by atoms with Gasteiger partial charge in [0, 0.05) is 67.5 Å². The van der Waals surface area contributed by atoms with Crippen molar-refractivity contribution in [2.45, 2.75) is 37.6 Å². The Morgan fingerprint density at radius 3 is 2.22 bits per heavy atom. The molecule has 1 atom stereocenters. The summed E-state index contributed by atoms with van der Waals surface area (Å²) < 4.78 is 2.04. The number of aromatic hydroxyl groups is 1. The van der Waals surface area contributed by atoms with Crippen LogP contribution >= 0.6 is 0 Å². The standard InChI is InChI=1S/C38H37N7O4/c46-35-4-2-1-3-31(35)33-23-34-32(40-41-33)17-20-44(34)28-9-11-29(12-10-28)45-22-21-43(24-37(45)48)27-15-18-42(19-16-27)26-7-5-25(6-8-26)30-13-14-36(47)39-38(30)49/h1-12,17,20,23,27,30,46H,13-16,18-19,21-22,24H2,(H,39,47,49). The highest BCUT2D eigenvalue weighted by molar-refractivity contribution is 6.01. The Kier molecular flexibility index (Phi) is 8.04. The first-order chi connectivity index (χ1) is 23.9. The summed E-state index contributed by atoms with van der Waals surface area (Å²) in [5, 5.41) is 21.5. The van der Waals surface area contributed by atoms with Gasteiger partial charge in [-0.3, -0.25) is 24.6 Å². The summed E-state index contributed by atoms with van der Waals surface area (Å²) in [4.78, 5) is 43.8. The lowest BCUT2D eigenvalue weighted by Gasteiger charge is -2.43.